The number of aryl methyl sites for hydroxylation is 1. The van der Waals surface area contributed by atoms with Crippen LogP contribution in [0.25, 0.3) is 0 Å². The van der Waals surface area contributed by atoms with Crippen LogP contribution in [-0.4, -0.2) is 20.0 Å². The molecular formula is C13H20O2S. The second-order valence-corrected chi connectivity index (χ2v) is 4.88. The van der Waals surface area contributed by atoms with Gasteiger partial charge in [-0.2, -0.15) is 12.6 Å². The van der Waals surface area contributed by atoms with E-state index in [-0.39, 0.29) is 5.41 Å². The lowest BCUT2D eigenvalue weighted by atomic mass is 9.85. The van der Waals surface area contributed by atoms with Crippen LogP contribution in [0.5, 0.6) is 11.5 Å². The summed E-state index contributed by atoms with van der Waals surface area (Å²) >= 11 is 4.39. The zero-order valence-corrected chi connectivity index (χ0v) is 11.5. The fourth-order valence-corrected chi connectivity index (χ4v) is 1.83. The van der Waals surface area contributed by atoms with Crippen LogP contribution in [-0.2, 0) is 5.41 Å². The number of rotatable bonds is 4. The third-order valence-corrected chi connectivity index (χ3v) is 3.63. The molecule has 0 aliphatic carbocycles. The minimum Gasteiger partial charge on any atom is -0.496 e. The molecule has 0 amide bonds. The first-order valence-electron chi connectivity index (χ1n) is 5.30. The molecule has 0 atom stereocenters. The minimum atomic E-state index is -0.0323. The van der Waals surface area contributed by atoms with Gasteiger partial charge in [0.1, 0.15) is 11.5 Å². The Balaban J connectivity index is 3.36. The molecule has 0 spiro atoms. The highest BCUT2D eigenvalue weighted by Gasteiger charge is 2.24. The van der Waals surface area contributed by atoms with Crippen molar-refractivity contribution in [2.24, 2.45) is 0 Å². The van der Waals surface area contributed by atoms with Gasteiger partial charge in [-0.25, -0.2) is 0 Å². The molecule has 0 N–H and O–H groups in total. The molecule has 0 aliphatic heterocycles. The van der Waals surface area contributed by atoms with Gasteiger partial charge < -0.3 is 9.47 Å². The van der Waals surface area contributed by atoms with Crippen LogP contribution in [0.1, 0.15) is 25.0 Å². The van der Waals surface area contributed by atoms with E-state index in [0.29, 0.717) is 0 Å². The summed E-state index contributed by atoms with van der Waals surface area (Å²) in [6.07, 6.45) is 0. The molecule has 0 saturated carbocycles. The predicted molar refractivity (Wildman–Crippen MR) is 71.2 cm³/mol. The first-order chi connectivity index (χ1) is 7.46. The smallest absolute Gasteiger partial charge is 0.123 e. The van der Waals surface area contributed by atoms with Crippen molar-refractivity contribution in [3.63, 3.8) is 0 Å². The van der Waals surface area contributed by atoms with Crippen LogP contribution in [0.2, 0.25) is 0 Å². The minimum absolute atomic E-state index is 0.0323. The van der Waals surface area contributed by atoms with Crippen molar-refractivity contribution in [2.45, 2.75) is 26.2 Å². The van der Waals surface area contributed by atoms with Gasteiger partial charge in [-0.3, -0.25) is 0 Å². The maximum atomic E-state index is 5.42. The van der Waals surface area contributed by atoms with E-state index >= 15 is 0 Å². The summed E-state index contributed by atoms with van der Waals surface area (Å²) < 4.78 is 10.8. The topological polar surface area (TPSA) is 18.5 Å². The molecule has 3 heteroatoms. The quantitative estimate of drug-likeness (QED) is 0.815. The lowest BCUT2D eigenvalue weighted by Gasteiger charge is -2.26. The van der Waals surface area contributed by atoms with Gasteiger partial charge in [-0.1, -0.05) is 13.8 Å². The molecule has 0 aliphatic rings. The Morgan fingerprint density at radius 3 is 2.12 bits per heavy atom. The Morgan fingerprint density at radius 2 is 1.69 bits per heavy atom. The zero-order valence-electron chi connectivity index (χ0n) is 10.6. The van der Waals surface area contributed by atoms with E-state index < -0.39 is 0 Å². The van der Waals surface area contributed by atoms with Gasteiger partial charge in [0.05, 0.1) is 14.2 Å². The maximum Gasteiger partial charge on any atom is 0.123 e. The summed E-state index contributed by atoms with van der Waals surface area (Å²) in [5, 5.41) is 0. The van der Waals surface area contributed by atoms with Gasteiger partial charge in [-0.05, 0) is 30.4 Å². The van der Waals surface area contributed by atoms with Gasteiger partial charge in [0.15, 0.2) is 0 Å². The van der Waals surface area contributed by atoms with Gasteiger partial charge in [0.25, 0.3) is 0 Å². The Labute approximate surface area is 103 Å². The highest BCUT2D eigenvalue weighted by Crippen LogP contribution is 2.37. The number of thiol groups is 1. The monoisotopic (exact) mass is 240 g/mol. The molecule has 0 radical (unpaired) electrons. The van der Waals surface area contributed by atoms with Gasteiger partial charge in [-0.15, -0.1) is 0 Å². The van der Waals surface area contributed by atoms with Gasteiger partial charge >= 0.3 is 0 Å². The van der Waals surface area contributed by atoms with E-state index in [1.54, 1.807) is 14.2 Å². The zero-order chi connectivity index (χ0) is 12.3. The summed E-state index contributed by atoms with van der Waals surface area (Å²) in [6, 6.07) is 4.06. The van der Waals surface area contributed by atoms with Crippen molar-refractivity contribution in [1.82, 2.24) is 0 Å². The van der Waals surface area contributed by atoms with Crippen molar-refractivity contribution in [3.05, 3.63) is 23.3 Å². The van der Waals surface area contributed by atoms with Gasteiger partial charge in [0, 0.05) is 11.0 Å². The SMILES string of the molecule is COc1cc(C(C)(C)CS)c(OC)cc1C. The molecule has 0 aromatic heterocycles. The molecule has 90 valence electrons. The molecule has 0 saturated heterocycles. The number of ether oxygens (including phenoxy) is 2. The van der Waals surface area contributed by atoms with E-state index in [0.717, 1.165) is 28.4 Å². The molecule has 1 aromatic carbocycles. The molecule has 0 heterocycles. The Hall–Kier alpha value is -0.830. The van der Waals surface area contributed by atoms with Crippen LogP contribution < -0.4 is 9.47 Å². The third kappa shape index (κ3) is 2.46. The lowest BCUT2D eigenvalue weighted by Crippen LogP contribution is -2.20. The summed E-state index contributed by atoms with van der Waals surface area (Å²) in [4.78, 5) is 0. The first kappa shape index (κ1) is 13.2. The lowest BCUT2D eigenvalue weighted by molar-refractivity contribution is 0.387. The van der Waals surface area contributed by atoms with E-state index in [1.165, 1.54) is 0 Å². The number of benzene rings is 1. The van der Waals surface area contributed by atoms with Crippen molar-refractivity contribution in [2.75, 3.05) is 20.0 Å². The van der Waals surface area contributed by atoms with Crippen molar-refractivity contribution in [3.8, 4) is 11.5 Å². The summed E-state index contributed by atoms with van der Waals surface area (Å²) in [5.41, 5.74) is 2.18. The Kier molecular flexibility index (Phi) is 4.14. The molecule has 0 bridgehead atoms. The molecule has 0 unspecified atom stereocenters. The fraction of sp³-hybridized carbons (Fsp3) is 0.538. The largest absolute Gasteiger partial charge is 0.496 e. The van der Waals surface area contributed by atoms with E-state index in [4.69, 9.17) is 9.47 Å². The molecular weight excluding hydrogens is 220 g/mol. The first-order valence-corrected chi connectivity index (χ1v) is 5.93. The average molecular weight is 240 g/mol. The Bertz CT molecular complexity index is 372. The van der Waals surface area contributed by atoms with Crippen LogP contribution >= 0.6 is 12.6 Å². The maximum absolute atomic E-state index is 5.42. The summed E-state index contributed by atoms with van der Waals surface area (Å²) in [5.74, 6) is 2.55. The van der Waals surface area contributed by atoms with Crippen molar-refractivity contribution >= 4 is 12.6 Å². The van der Waals surface area contributed by atoms with Gasteiger partial charge in [0.2, 0.25) is 0 Å². The second kappa shape index (κ2) is 5.00. The second-order valence-electron chi connectivity index (χ2n) is 4.56. The highest BCUT2D eigenvalue weighted by molar-refractivity contribution is 7.80. The van der Waals surface area contributed by atoms with E-state index in [2.05, 4.69) is 26.5 Å². The highest BCUT2D eigenvalue weighted by atomic mass is 32.1. The van der Waals surface area contributed by atoms with Crippen LogP contribution in [0.3, 0.4) is 0 Å². The Morgan fingerprint density at radius 1 is 1.12 bits per heavy atom. The summed E-state index contributed by atoms with van der Waals surface area (Å²) in [6.45, 7) is 6.30. The standard InChI is InChI=1S/C13H20O2S/c1-9-6-12(15-5)10(7-11(9)14-4)13(2,3)8-16/h6-7,16H,8H2,1-5H3. The normalized spacial score (nSPS) is 11.4. The van der Waals surface area contributed by atoms with E-state index in [1.807, 2.05) is 19.1 Å². The van der Waals surface area contributed by atoms with Crippen molar-refractivity contribution < 1.29 is 9.47 Å². The molecule has 1 rings (SSSR count). The molecule has 16 heavy (non-hydrogen) atoms. The number of hydrogen-bond acceptors (Lipinski definition) is 3. The summed E-state index contributed by atoms with van der Waals surface area (Å²) in [7, 11) is 3.38. The number of hydrogen-bond donors (Lipinski definition) is 1. The molecule has 1 aromatic rings. The van der Waals surface area contributed by atoms with Crippen LogP contribution in [0.15, 0.2) is 12.1 Å². The third-order valence-electron chi connectivity index (χ3n) is 2.84. The predicted octanol–water partition coefficient (Wildman–Crippen LogP) is 3.22. The fourth-order valence-electron chi connectivity index (χ4n) is 1.66. The molecule has 2 nitrogen and oxygen atoms in total. The number of methoxy groups -OCH3 is 2. The average Bonchev–Trinajstić information content (AvgIpc) is 2.28. The molecule has 0 fully saturated rings. The van der Waals surface area contributed by atoms with Crippen LogP contribution in [0, 0.1) is 6.92 Å². The van der Waals surface area contributed by atoms with Crippen LogP contribution in [0.4, 0.5) is 0 Å². The van der Waals surface area contributed by atoms with Crippen molar-refractivity contribution in [1.29, 1.82) is 0 Å². The van der Waals surface area contributed by atoms with E-state index in [9.17, 15) is 0 Å².